The van der Waals surface area contributed by atoms with E-state index < -0.39 is 0 Å². The van der Waals surface area contributed by atoms with Crippen LogP contribution in [-0.4, -0.2) is 21.8 Å². The highest BCUT2D eigenvalue weighted by Crippen LogP contribution is 2.31. The van der Waals surface area contributed by atoms with Crippen LogP contribution < -0.4 is 11.5 Å². The fraction of sp³-hybridized carbons (Fsp3) is 0.333. The number of nitrogen functional groups attached to an aromatic ring is 2. The molecule has 1 saturated carbocycles. The van der Waals surface area contributed by atoms with E-state index in [2.05, 4.69) is 9.97 Å². The van der Waals surface area contributed by atoms with Gasteiger partial charge in [-0.3, -0.25) is 10.8 Å². The number of anilines is 2. The third-order valence-electron chi connectivity index (χ3n) is 2.29. The second-order valence-electron chi connectivity index (χ2n) is 3.59. The van der Waals surface area contributed by atoms with Crippen LogP contribution in [0.15, 0.2) is 6.33 Å². The highest BCUT2D eigenvalue weighted by molar-refractivity contribution is 6.05. The molecule has 0 saturated heterocycles. The van der Waals surface area contributed by atoms with Crippen LogP contribution in [0, 0.1) is 16.7 Å². The van der Waals surface area contributed by atoms with Crippen LogP contribution in [0.1, 0.15) is 18.4 Å². The Labute approximate surface area is 91.9 Å². The van der Waals surface area contributed by atoms with Gasteiger partial charge in [0.2, 0.25) is 5.90 Å². The Bertz CT molecular complexity index is 433. The minimum Gasteiger partial charge on any atom is -0.425 e. The van der Waals surface area contributed by atoms with Crippen LogP contribution in [0.25, 0.3) is 0 Å². The molecule has 2 rings (SSSR count). The summed E-state index contributed by atoms with van der Waals surface area (Å²) < 4.78 is 5.05. The zero-order valence-corrected chi connectivity index (χ0v) is 8.53. The van der Waals surface area contributed by atoms with Crippen molar-refractivity contribution in [1.29, 1.82) is 10.8 Å². The van der Waals surface area contributed by atoms with Crippen molar-refractivity contribution in [2.24, 2.45) is 5.92 Å². The highest BCUT2D eigenvalue weighted by atomic mass is 16.5. The maximum Gasteiger partial charge on any atom is 0.228 e. The SMILES string of the molecule is N=C(OC(=N)C1CC1)c1c(N)ncnc1N. The van der Waals surface area contributed by atoms with E-state index >= 15 is 0 Å². The summed E-state index contributed by atoms with van der Waals surface area (Å²) in [6.45, 7) is 0. The lowest BCUT2D eigenvalue weighted by Gasteiger charge is -2.09. The van der Waals surface area contributed by atoms with Gasteiger partial charge in [-0.15, -0.1) is 0 Å². The van der Waals surface area contributed by atoms with Crippen molar-refractivity contribution in [2.75, 3.05) is 11.5 Å². The minimum absolute atomic E-state index is 0.0765. The molecule has 0 atom stereocenters. The Morgan fingerprint density at radius 2 is 1.81 bits per heavy atom. The smallest absolute Gasteiger partial charge is 0.228 e. The summed E-state index contributed by atoms with van der Waals surface area (Å²) in [5, 5.41) is 15.2. The molecule has 0 spiro atoms. The van der Waals surface area contributed by atoms with Crippen LogP contribution in [0.4, 0.5) is 11.6 Å². The van der Waals surface area contributed by atoms with E-state index in [0.717, 1.165) is 12.8 Å². The molecule has 1 fully saturated rings. The molecular weight excluding hydrogens is 208 g/mol. The lowest BCUT2D eigenvalue weighted by atomic mass is 10.2. The largest absolute Gasteiger partial charge is 0.425 e. The second-order valence-corrected chi connectivity index (χ2v) is 3.59. The van der Waals surface area contributed by atoms with Gasteiger partial charge in [-0.05, 0) is 12.8 Å². The standard InChI is InChI=1S/C9H12N6O/c10-6-5(7(11)15-3-14-6)9(13)16-8(12)4-1-2-4/h3-4,12-13H,1-2H2,(H4,10,11,14,15). The summed E-state index contributed by atoms with van der Waals surface area (Å²) in [5.41, 5.74) is 11.3. The second kappa shape index (κ2) is 3.76. The summed E-state index contributed by atoms with van der Waals surface area (Å²) >= 11 is 0. The molecule has 84 valence electrons. The molecule has 1 aromatic heterocycles. The summed E-state index contributed by atoms with van der Waals surface area (Å²) in [4.78, 5) is 7.45. The predicted octanol–water partition coefficient (Wildman–Crippen LogP) is 0.370. The molecule has 1 aliphatic rings. The number of ether oxygens (including phenoxy) is 1. The van der Waals surface area contributed by atoms with Gasteiger partial charge < -0.3 is 16.2 Å². The number of aromatic nitrogens is 2. The maximum atomic E-state index is 7.66. The average Bonchev–Trinajstić information content (AvgIpc) is 2.99. The Hall–Kier alpha value is -2.18. The molecule has 6 N–H and O–H groups in total. The lowest BCUT2D eigenvalue weighted by molar-refractivity contribution is 0.512. The van der Waals surface area contributed by atoms with E-state index in [1.165, 1.54) is 6.33 Å². The number of rotatable bonds is 2. The number of nitrogens with one attached hydrogen (secondary N) is 2. The molecule has 7 nitrogen and oxygen atoms in total. The summed E-state index contributed by atoms with van der Waals surface area (Å²) in [7, 11) is 0. The number of nitrogens with two attached hydrogens (primary N) is 2. The molecule has 0 aromatic carbocycles. The van der Waals surface area contributed by atoms with Gasteiger partial charge in [-0.25, -0.2) is 9.97 Å². The Morgan fingerprint density at radius 3 is 2.31 bits per heavy atom. The molecule has 0 amide bonds. The van der Waals surface area contributed by atoms with Crippen LogP contribution in [0.2, 0.25) is 0 Å². The van der Waals surface area contributed by atoms with Gasteiger partial charge >= 0.3 is 0 Å². The first kappa shape index (κ1) is 10.3. The zero-order chi connectivity index (χ0) is 11.7. The van der Waals surface area contributed by atoms with Crippen LogP contribution in [0.5, 0.6) is 0 Å². The van der Waals surface area contributed by atoms with Crippen molar-refractivity contribution in [2.45, 2.75) is 12.8 Å². The van der Waals surface area contributed by atoms with E-state index in [1.807, 2.05) is 0 Å². The first-order valence-electron chi connectivity index (χ1n) is 4.80. The number of hydrogen-bond donors (Lipinski definition) is 4. The molecule has 0 aliphatic heterocycles. The lowest BCUT2D eigenvalue weighted by Crippen LogP contribution is -2.17. The van der Waals surface area contributed by atoms with Crippen LogP contribution in [-0.2, 0) is 4.74 Å². The van der Waals surface area contributed by atoms with Gasteiger partial charge in [0.15, 0.2) is 5.90 Å². The number of nitrogens with zero attached hydrogens (tertiary/aromatic N) is 2. The van der Waals surface area contributed by atoms with Crippen molar-refractivity contribution in [3.63, 3.8) is 0 Å². The van der Waals surface area contributed by atoms with Gasteiger partial charge in [0, 0.05) is 5.92 Å². The van der Waals surface area contributed by atoms with Crippen molar-refractivity contribution < 1.29 is 4.74 Å². The Balaban J connectivity index is 2.16. The zero-order valence-electron chi connectivity index (χ0n) is 8.53. The molecule has 0 radical (unpaired) electrons. The van der Waals surface area contributed by atoms with Gasteiger partial charge in [-0.1, -0.05) is 0 Å². The third-order valence-corrected chi connectivity index (χ3v) is 2.29. The van der Waals surface area contributed by atoms with E-state index in [9.17, 15) is 0 Å². The van der Waals surface area contributed by atoms with Gasteiger partial charge in [-0.2, -0.15) is 0 Å². The maximum absolute atomic E-state index is 7.66. The molecule has 1 heterocycles. The van der Waals surface area contributed by atoms with Crippen molar-refractivity contribution in [3.8, 4) is 0 Å². The summed E-state index contributed by atoms with van der Waals surface area (Å²) in [6.07, 6.45) is 3.08. The van der Waals surface area contributed by atoms with Crippen molar-refractivity contribution >= 4 is 23.4 Å². The van der Waals surface area contributed by atoms with E-state index in [4.69, 9.17) is 27.0 Å². The monoisotopic (exact) mass is 220 g/mol. The van der Waals surface area contributed by atoms with Gasteiger partial charge in [0.25, 0.3) is 0 Å². The topological polar surface area (TPSA) is 135 Å². The van der Waals surface area contributed by atoms with Crippen LogP contribution in [0.3, 0.4) is 0 Å². The molecule has 7 heteroatoms. The fourth-order valence-electron chi connectivity index (χ4n) is 1.24. The highest BCUT2D eigenvalue weighted by Gasteiger charge is 2.29. The van der Waals surface area contributed by atoms with E-state index in [0.29, 0.717) is 0 Å². The van der Waals surface area contributed by atoms with Crippen molar-refractivity contribution in [1.82, 2.24) is 9.97 Å². The quantitative estimate of drug-likeness (QED) is 0.422. The van der Waals surface area contributed by atoms with E-state index in [1.54, 1.807) is 0 Å². The Morgan fingerprint density at radius 1 is 1.25 bits per heavy atom. The molecule has 1 aromatic rings. The minimum atomic E-state index is -0.271. The summed E-state index contributed by atoms with van der Waals surface area (Å²) in [6, 6.07) is 0. The molecule has 1 aliphatic carbocycles. The van der Waals surface area contributed by atoms with Crippen molar-refractivity contribution in [3.05, 3.63) is 11.9 Å². The average molecular weight is 220 g/mol. The number of hydrogen-bond acceptors (Lipinski definition) is 7. The first-order valence-corrected chi connectivity index (χ1v) is 4.80. The third kappa shape index (κ3) is 1.92. The molecule has 16 heavy (non-hydrogen) atoms. The molecule has 0 unspecified atom stereocenters. The Kier molecular flexibility index (Phi) is 2.43. The predicted molar refractivity (Wildman–Crippen MR) is 59.2 cm³/mol. The molecular formula is C9H12N6O. The summed E-state index contributed by atoms with van der Waals surface area (Å²) in [5.74, 6) is 0.106. The first-order chi connectivity index (χ1) is 7.59. The van der Waals surface area contributed by atoms with Gasteiger partial charge in [0.05, 0.1) is 0 Å². The van der Waals surface area contributed by atoms with E-state index in [-0.39, 0.29) is 34.9 Å². The van der Waals surface area contributed by atoms with Crippen LogP contribution >= 0.6 is 0 Å². The van der Waals surface area contributed by atoms with Gasteiger partial charge in [0.1, 0.15) is 23.5 Å². The normalized spacial score (nSPS) is 14.5. The molecule has 0 bridgehead atoms. The fourth-order valence-corrected chi connectivity index (χ4v) is 1.24.